The highest BCUT2D eigenvalue weighted by Gasteiger charge is 2.13. The van der Waals surface area contributed by atoms with E-state index < -0.39 is 11.6 Å². The summed E-state index contributed by atoms with van der Waals surface area (Å²) in [5.41, 5.74) is 3.66. The van der Waals surface area contributed by atoms with E-state index in [0.717, 1.165) is 41.8 Å². The lowest BCUT2D eigenvalue weighted by molar-refractivity contribution is -0.115. The molecule has 2 rings (SSSR count). The van der Waals surface area contributed by atoms with Crippen LogP contribution in [0.25, 0.3) is 0 Å². The first-order valence-corrected chi connectivity index (χ1v) is 8.55. The molecule has 0 aromatic heterocycles. The fourth-order valence-corrected chi connectivity index (χ4v) is 2.73. The molecule has 1 amide bonds. The standard InChI is InChI=1S/C20H24F2N2O/c1-4-14-7-6-8-15(5-2)20(14)24-19(25)12-23-13(3)16-9-10-17(21)18(22)11-16/h6-11,13,23H,4-5,12H2,1-3H3,(H,24,25)/t13-/m1/s1. The summed E-state index contributed by atoms with van der Waals surface area (Å²) in [5, 5.41) is 6.01. The van der Waals surface area contributed by atoms with Crippen LogP contribution >= 0.6 is 0 Å². The van der Waals surface area contributed by atoms with Crippen LogP contribution in [-0.4, -0.2) is 12.5 Å². The van der Waals surface area contributed by atoms with Gasteiger partial charge in [-0.1, -0.05) is 38.1 Å². The number of anilines is 1. The van der Waals surface area contributed by atoms with Gasteiger partial charge in [0.15, 0.2) is 11.6 Å². The van der Waals surface area contributed by atoms with Crippen LogP contribution < -0.4 is 10.6 Å². The molecule has 0 heterocycles. The third-order valence-electron chi connectivity index (χ3n) is 4.28. The number of benzene rings is 2. The molecule has 3 nitrogen and oxygen atoms in total. The molecule has 134 valence electrons. The van der Waals surface area contributed by atoms with Gasteiger partial charge in [-0.15, -0.1) is 0 Å². The highest BCUT2D eigenvalue weighted by molar-refractivity contribution is 5.93. The van der Waals surface area contributed by atoms with Gasteiger partial charge < -0.3 is 10.6 Å². The Hall–Kier alpha value is -2.27. The number of para-hydroxylation sites is 1. The van der Waals surface area contributed by atoms with Gasteiger partial charge in [-0.3, -0.25) is 4.79 Å². The van der Waals surface area contributed by atoms with Gasteiger partial charge in [-0.25, -0.2) is 8.78 Å². The minimum Gasteiger partial charge on any atom is -0.324 e. The van der Waals surface area contributed by atoms with E-state index in [4.69, 9.17) is 0 Å². The molecule has 0 radical (unpaired) electrons. The lowest BCUT2D eigenvalue weighted by Gasteiger charge is -2.17. The molecule has 0 aliphatic rings. The number of halogens is 2. The molecular formula is C20H24F2N2O. The van der Waals surface area contributed by atoms with Crippen LogP contribution in [-0.2, 0) is 17.6 Å². The molecule has 0 saturated carbocycles. The normalized spacial score (nSPS) is 12.0. The average Bonchev–Trinajstić information content (AvgIpc) is 2.62. The predicted molar refractivity (Wildman–Crippen MR) is 96.6 cm³/mol. The van der Waals surface area contributed by atoms with E-state index in [2.05, 4.69) is 10.6 Å². The van der Waals surface area contributed by atoms with Gasteiger partial charge in [0.05, 0.1) is 6.54 Å². The first-order valence-electron chi connectivity index (χ1n) is 8.55. The Morgan fingerprint density at radius 3 is 2.24 bits per heavy atom. The van der Waals surface area contributed by atoms with Gasteiger partial charge in [0, 0.05) is 11.7 Å². The number of hydrogen-bond acceptors (Lipinski definition) is 2. The highest BCUT2D eigenvalue weighted by Crippen LogP contribution is 2.22. The number of rotatable bonds is 7. The number of hydrogen-bond donors (Lipinski definition) is 2. The minimum absolute atomic E-state index is 0.0847. The van der Waals surface area contributed by atoms with Crippen molar-refractivity contribution in [2.24, 2.45) is 0 Å². The van der Waals surface area contributed by atoms with Crippen LogP contribution in [0, 0.1) is 11.6 Å². The maximum absolute atomic E-state index is 13.3. The van der Waals surface area contributed by atoms with E-state index in [-0.39, 0.29) is 18.5 Å². The first-order chi connectivity index (χ1) is 12.0. The second kappa shape index (κ2) is 8.72. The Kier molecular flexibility index (Phi) is 6.65. The highest BCUT2D eigenvalue weighted by atomic mass is 19.2. The Bertz CT molecular complexity index is 724. The van der Waals surface area contributed by atoms with Crippen LogP contribution in [0.1, 0.15) is 43.5 Å². The second-order valence-electron chi connectivity index (χ2n) is 5.98. The van der Waals surface area contributed by atoms with Crippen molar-refractivity contribution in [1.29, 1.82) is 0 Å². The summed E-state index contributed by atoms with van der Waals surface area (Å²) in [7, 11) is 0. The average molecular weight is 346 g/mol. The van der Waals surface area contributed by atoms with Gasteiger partial charge in [-0.05, 0) is 48.6 Å². The van der Waals surface area contributed by atoms with E-state index in [1.807, 2.05) is 32.0 Å². The summed E-state index contributed by atoms with van der Waals surface area (Å²) in [5.74, 6) is -1.93. The molecule has 2 aromatic carbocycles. The maximum atomic E-state index is 13.3. The monoisotopic (exact) mass is 346 g/mol. The van der Waals surface area contributed by atoms with Crippen molar-refractivity contribution in [3.05, 3.63) is 64.7 Å². The van der Waals surface area contributed by atoms with Crippen LogP contribution in [0.5, 0.6) is 0 Å². The largest absolute Gasteiger partial charge is 0.324 e. The lowest BCUT2D eigenvalue weighted by atomic mass is 10.0. The quantitative estimate of drug-likeness (QED) is 0.781. The van der Waals surface area contributed by atoms with Crippen LogP contribution in [0.4, 0.5) is 14.5 Å². The maximum Gasteiger partial charge on any atom is 0.238 e. The zero-order chi connectivity index (χ0) is 18.4. The smallest absolute Gasteiger partial charge is 0.238 e. The third-order valence-corrected chi connectivity index (χ3v) is 4.28. The van der Waals surface area contributed by atoms with Gasteiger partial charge in [0.1, 0.15) is 0 Å². The van der Waals surface area contributed by atoms with Crippen molar-refractivity contribution in [3.63, 3.8) is 0 Å². The molecule has 2 N–H and O–H groups in total. The fourth-order valence-electron chi connectivity index (χ4n) is 2.73. The topological polar surface area (TPSA) is 41.1 Å². The number of nitrogens with one attached hydrogen (secondary N) is 2. The molecule has 0 aliphatic heterocycles. The molecule has 2 aromatic rings. The molecule has 0 unspecified atom stereocenters. The van der Waals surface area contributed by atoms with Crippen LogP contribution in [0.15, 0.2) is 36.4 Å². The van der Waals surface area contributed by atoms with Crippen LogP contribution in [0.3, 0.4) is 0 Å². The van der Waals surface area contributed by atoms with Crippen molar-refractivity contribution in [1.82, 2.24) is 5.32 Å². The van der Waals surface area contributed by atoms with Crippen molar-refractivity contribution >= 4 is 11.6 Å². The summed E-state index contributed by atoms with van der Waals surface area (Å²) in [6.07, 6.45) is 1.67. The molecular weight excluding hydrogens is 322 g/mol. The third kappa shape index (κ3) is 4.86. The Labute approximate surface area is 147 Å². The Morgan fingerprint density at radius 1 is 1.04 bits per heavy atom. The Balaban J connectivity index is 2.00. The molecule has 25 heavy (non-hydrogen) atoms. The van der Waals surface area contributed by atoms with Crippen molar-refractivity contribution < 1.29 is 13.6 Å². The number of carbonyl (C=O) groups is 1. The molecule has 1 atom stereocenters. The van der Waals surface area contributed by atoms with E-state index in [1.54, 1.807) is 6.92 Å². The number of carbonyl (C=O) groups excluding carboxylic acids is 1. The number of amides is 1. The molecule has 0 saturated heterocycles. The summed E-state index contributed by atoms with van der Waals surface area (Å²) < 4.78 is 26.3. The summed E-state index contributed by atoms with van der Waals surface area (Å²) in [6.45, 7) is 5.99. The first kappa shape index (κ1) is 19.1. The van der Waals surface area contributed by atoms with Gasteiger partial charge in [-0.2, -0.15) is 0 Å². The van der Waals surface area contributed by atoms with Gasteiger partial charge in [0.2, 0.25) is 5.91 Å². The SMILES string of the molecule is CCc1cccc(CC)c1NC(=O)CN[C@H](C)c1ccc(F)c(F)c1. The van der Waals surface area contributed by atoms with E-state index in [9.17, 15) is 13.6 Å². The zero-order valence-corrected chi connectivity index (χ0v) is 14.8. The summed E-state index contributed by atoms with van der Waals surface area (Å²) in [4.78, 5) is 12.3. The van der Waals surface area contributed by atoms with Gasteiger partial charge in [0.25, 0.3) is 0 Å². The zero-order valence-electron chi connectivity index (χ0n) is 14.8. The number of aryl methyl sites for hydroxylation is 2. The molecule has 0 spiro atoms. The van der Waals surface area contributed by atoms with E-state index >= 15 is 0 Å². The van der Waals surface area contributed by atoms with Crippen LogP contribution in [0.2, 0.25) is 0 Å². The molecule has 0 bridgehead atoms. The second-order valence-corrected chi connectivity index (χ2v) is 5.98. The van der Waals surface area contributed by atoms with E-state index in [0.29, 0.717) is 5.56 Å². The molecule has 5 heteroatoms. The van der Waals surface area contributed by atoms with Crippen molar-refractivity contribution in [2.75, 3.05) is 11.9 Å². The lowest BCUT2D eigenvalue weighted by Crippen LogP contribution is -2.30. The Morgan fingerprint density at radius 2 is 1.68 bits per heavy atom. The molecule has 0 aliphatic carbocycles. The van der Waals surface area contributed by atoms with Crippen molar-refractivity contribution in [3.8, 4) is 0 Å². The predicted octanol–water partition coefficient (Wildman–Crippen LogP) is 4.38. The molecule has 0 fully saturated rings. The van der Waals surface area contributed by atoms with Gasteiger partial charge >= 0.3 is 0 Å². The minimum atomic E-state index is -0.889. The van der Waals surface area contributed by atoms with Crippen molar-refractivity contribution in [2.45, 2.75) is 39.7 Å². The summed E-state index contributed by atoms with van der Waals surface area (Å²) in [6, 6.07) is 9.48. The fraction of sp³-hybridized carbons (Fsp3) is 0.350. The summed E-state index contributed by atoms with van der Waals surface area (Å²) >= 11 is 0. The van der Waals surface area contributed by atoms with E-state index in [1.165, 1.54) is 6.07 Å².